The summed E-state index contributed by atoms with van der Waals surface area (Å²) >= 11 is 1.62. The monoisotopic (exact) mass is 572 g/mol. The molecule has 1 aliphatic carbocycles. The summed E-state index contributed by atoms with van der Waals surface area (Å²) in [4.78, 5) is 42.8. The zero-order valence-electron chi connectivity index (χ0n) is 23.3. The lowest BCUT2D eigenvalue weighted by molar-refractivity contribution is 0.0524. The number of thiophene rings is 1. The van der Waals surface area contributed by atoms with Crippen LogP contribution in [0.15, 0.2) is 59.5 Å². The van der Waals surface area contributed by atoms with Gasteiger partial charge in [0.05, 0.1) is 31.2 Å². The lowest BCUT2D eigenvalue weighted by Crippen LogP contribution is -2.42. The van der Waals surface area contributed by atoms with E-state index >= 15 is 0 Å². The minimum Gasteiger partial charge on any atom is -0.494 e. The fraction of sp³-hybridized carbons (Fsp3) is 0.344. The second-order valence-corrected chi connectivity index (χ2v) is 11.7. The van der Waals surface area contributed by atoms with Crippen molar-refractivity contribution >= 4 is 34.3 Å². The van der Waals surface area contributed by atoms with E-state index in [9.17, 15) is 14.4 Å². The second-order valence-electron chi connectivity index (χ2n) is 10.6. The van der Waals surface area contributed by atoms with E-state index < -0.39 is 5.97 Å². The third-order valence-corrected chi connectivity index (χ3v) is 8.95. The van der Waals surface area contributed by atoms with Gasteiger partial charge >= 0.3 is 12.1 Å². The lowest BCUT2D eigenvalue weighted by Gasteiger charge is -2.32. The van der Waals surface area contributed by atoms with Crippen molar-refractivity contribution in [2.45, 2.75) is 58.3 Å². The number of benzene rings is 2. The number of methoxy groups -OCH3 is 1. The Hall–Kier alpha value is -4.11. The number of amides is 1. The number of fused-ring (bicyclic) bond motifs is 2. The fourth-order valence-corrected chi connectivity index (χ4v) is 6.72. The molecule has 0 N–H and O–H groups in total. The summed E-state index contributed by atoms with van der Waals surface area (Å²) < 4.78 is 18.8. The van der Waals surface area contributed by atoms with E-state index in [1.807, 2.05) is 47.9 Å². The van der Waals surface area contributed by atoms with E-state index in [4.69, 9.17) is 14.2 Å². The van der Waals surface area contributed by atoms with Crippen molar-refractivity contribution in [2.24, 2.45) is 0 Å². The van der Waals surface area contributed by atoms with Crippen molar-refractivity contribution in [2.75, 3.05) is 13.7 Å². The van der Waals surface area contributed by atoms with Crippen LogP contribution in [0.25, 0.3) is 21.3 Å². The SMILES string of the molecule is CCOC(=O)c1cn(C2CC2)c2c(OC)c(-c3cc4c(s3)CN(C(=O)OCc3ccccc3)C(C)C4)ccc2c1=O. The Morgan fingerprint density at radius 3 is 2.56 bits per heavy atom. The second kappa shape index (κ2) is 11.0. The third kappa shape index (κ3) is 5.10. The topological polar surface area (TPSA) is 87.1 Å². The summed E-state index contributed by atoms with van der Waals surface area (Å²) in [5.41, 5.74) is 3.40. The number of ether oxygens (including phenoxy) is 3. The van der Waals surface area contributed by atoms with E-state index in [2.05, 4.69) is 6.07 Å². The van der Waals surface area contributed by atoms with Crippen molar-refractivity contribution in [1.82, 2.24) is 9.47 Å². The van der Waals surface area contributed by atoms with Gasteiger partial charge < -0.3 is 23.7 Å². The first-order chi connectivity index (χ1) is 19.9. The van der Waals surface area contributed by atoms with Gasteiger partial charge in [-0.05, 0) is 62.4 Å². The van der Waals surface area contributed by atoms with Crippen molar-refractivity contribution in [3.05, 3.63) is 86.5 Å². The fourth-order valence-electron chi connectivity index (χ4n) is 5.51. The van der Waals surface area contributed by atoms with Crippen LogP contribution in [0.1, 0.15) is 59.1 Å². The molecule has 0 bridgehead atoms. The number of carbonyl (C=O) groups is 2. The summed E-state index contributed by atoms with van der Waals surface area (Å²) in [6, 6.07) is 15.7. The number of hydrogen-bond acceptors (Lipinski definition) is 7. The van der Waals surface area contributed by atoms with Gasteiger partial charge in [0.15, 0.2) is 5.75 Å². The van der Waals surface area contributed by atoms with Crippen LogP contribution < -0.4 is 10.2 Å². The molecule has 0 saturated heterocycles. The Labute approximate surface area is 242 Å². The van der Waals surface area contributed by atoms with Gasteiger partial charge in [-0.1, -0.05) is 30.3 Å². The minimum absolute atomic E-state index is 0.00642. The normalized spacial score (nSPS) is 16.4. The summed E-state index contributed by atoms with van der Waals surface area (Å²) in [6.07, 6.45) is 3.96. The molecular formula is C32H32N2O6S. The highest BCUT2D eigenvalue weighted by Gasteiger charge is 2.32. The van der Waals surface area contributed by atoms with Gasteiger partial charge in [0.2, 0.25) is 5.43 Å². The van der Waals surface area contributed by atoms with Gasteiger partial charge in [-0.3, -0.25) is 4.79 Å². The Balaban J connectivity index is 1.34. The molecular weight excluding hydrogens is 540 g/mol. The number of carbonyl (C=O) groups excluding carboxylic acids is 2. The maximum atomic E-state index is 13.4. The molecule has 2 aromatic carbocycles. The standard InChI is InChI=1S/C32H32N2O6S/c1-4-39-31(36)25-16-34(22-10-11-22)28-24(29(25)35)13-12-23(30(28)38-3)26-15-21-14-19(2)33(17-27(21)41-26)32(37)40-18-20-8-6-5-7-9-20/h5-9,12-13,15-16,19,22H,4,10-11,14,17-18H2,1-3H3. The maximum absolute atomic E-state index is 13.4. The summed E-state index contributed by atoms with van der Waals surface area (Å²) in [7, 11) is 1.61. The highest BCUT2D eigenvalue weighted by atomic mass is 32.1. The summed E-state index contributed by atoms with van der Waals surface area (Å²) in [6.45, 7) is 4.67. The molecule has 8 nitrogen and oxygen atoms in total. The highest BCUT2D eigenvalue weighted by molar-refractivity contribution is 7.15. The number of nitrogens with zero attached hydrogens (tertiary/aromatic N) is 2. The number of aromatic nitrogens is 1. The molecule has 2 aromatic heterocycles. The van der Waals surface area contributed by atoms with Gasteiger partial charge in [0.1, 0.15) is 12.2 Å². The number of esters is 1. The molecule has 1 saturated carbocycles. The van der Waals surface area contributed by atoms with Gasteiger partial charge in [-0.2, -0.15) is 0 Å². The molecule has 41 heavy (non-hydrogen) atoms. The molecule has 1 amide bonds. The van der Waals surface area contributed by atoms with E-state index in [0.717, 1.165) is 40.1 Å². The van der Waals surface area contributed by atoms with E-state index in [0.29, 0.717) is 23.2 Å². The Bertz CT molecular complexity index is 1690. The van der Waals surface area contributed by atoms with Gasteiger partial charge in [0.25, 0.3) is 0 Å². The largest absolute Gasteiger partial charge is 0.494 e. The van der Waals surface area contributed by atoms with Crippen LogP contribution in [0.2, 0.25) is 0 Å². The van der Waals surface area contributed by atoms with Gasteiger partial charge in [0, 0.05) is 33.6 Å². The van der Waals surface area contributed by atoms with Crippen molar-refractivity contribution in [1.29, 1.82) is 0 Å². The Morgan fingerprint density at radius 2 is 1.85 bits per heavy atom. The molecule has 2 aliphatic rings. The quantitative estimate of drug-likeness (QED) is 0.241. The minimum atomic E-state index is -0.608. The average molecular weight is 573 g/mol. The summed E-state index contributed by atoms with van der Waals surface area (Å²) in [5.74, 6) is -0.00331. The van der Waals surface area contributed by atoms with Gasteiger partial charge in [-0.15, -0.1) is 11.3 Å². The number of rotatable bonds is 7. The zero-order chi connectivity index (χ0) is 28.7. The maximum Gasteiger partial charge on any atom is 0.410 e. The van der Waals surface area contributed by atoms with Crippen LogP contribution in [0, 0.1) is 0 Å². The molecule has 1 fully saturated rings. The molecule has 1 atom stereocenters. The van der Waals surface area contributed by atoms with Crippen LogP contribution >= 0.6 is 11.3 Å². The number of hydrogen-bond donors (Lipinski definition) is 0. The van der Waals surface area contributed by atoms with Crippen molar-refractivity contribution in [3.63, 3.8) is 0 Å². The third-order valence-electron chi connectivity index (χ3n) is 7.75. The molecule has 212 valence electrons. The molecule has 0 radical (unpaired) electrons. The van der Waals surface area contributed by atoms with Gasteiger partial charge in [-0.25, -0.2) is 9.59 Å². The Morgan fingerprint density at radius 1 is 1.07 bits per heavy atom. The van der Waals surface area contributed by atoms with Crippen LogP contribution in [-0.2, 0) is 29.0 Å². The first-order valence-electron chi connectivity index (χ1n) is 13.9. The number of pyridine rings is 1. The molecule has 9 heteroatoms. The lowest BCUT2D eigenvalue weighted by atomic mass is 10.00. The van der Waals surface area contributed by atoms with Crippen LogP contribution in [-0.4, -0.2) is 41.3 Å². The van der Waals surface area contributed by atoms with E-state index in [1.54, 1.807) is 42.5 Å². The predicted octanol–water partition coefficient (Wildman–Crippen LogP) is 6.33. The Kier molecular flexibility index (Phi) is 7.30. The van der Waals surface area contributed by atoms with Crippen LogP contribution in [0.5, 0.6) is 5.75 Å². The van der Waals surface area contributed by atoms with Crippen molar-refractivity contribution in [3.8, 4) is 16.2 Å². The first-order valence-corrected chi connectivity index (χ1v) is 14.7. The van der Waals surface area contributed by atoms with Crippen LogP contribution in [0.3, 0.4) is 0 Å². The van der Waals surface area contributed by atoms with Crippen molar-refractivity contribution < 1.29 is 23.8 Å². The summed E-state index contributed by atoms with van der Waals surface area (Å²) in [5, 5.41) is 0.435. The molecule has 3 heterocycles. The zero-order valence-corrected chi connectivity index (χ0v) is 24.2. The average Bonchev–Trinajstić information content (AvgIpc) is 3.74. The molecule has 1 unspecified atom stereocenters. The van der Waals surface area contributed by atoms with Crippen LogP contribution in [0.4, 0.5) is 4.79 Å². The molecule has 4 aromatic rings. The molecule has 0 spiro atoms. The predicted molar refractivity (Wildman–Crippen MR) is 158 cm³/mol. The first kappa shape index (κ1) is 27.1. The molecule has 6 rings (SSSR count). The molecule has 1 aliphatic heterocycles. The van der Waals surface area contributed by atoms with E-state index in [1.165, 1.54) is 5.56 Å². The smallest absolute Gasteiger partial charge is 0.410 e. The highest BCUT2D eigenvalue weighted by Crippen LogP contribution is 2.45. The van der Waals surface area contributed by atoms with E-state index in [-0.39, 0.29) is 42.4 Å².